The van der Waals surface area contributed by atoms with Crippen molar-refractivity contribution >= 4 is 22.6 Å². The normalized spacial score (nSPS) is 10.8. The maximum atomic E-state index is 11.8. The second-order valence-electron chi connectivity index (χ2n) is 5.54. The Morgan fingerprint density at radius 1 is 1.12 bits per heavy atom. The van der Waals surface area contributed by atoms with Gasteiger partial charge in [0.15, 0.2) is 0 Å². The number of hydrogen-bond donors (Lipinski definition) is 1. The van der Waals surface area contributed by atoms with E-state index in [9.17, 15) is 4.79 Å². The minimum atomic E-state index is 0.0266. The van der Waals surface area contributed by atoms with Gasteiger partial charge in [0.25, 0.3) is 0 Å². The summed E-state index contributed by atoms with van der Waals surface area (Å²) in [4.78, 5) is 13.4. The molecule has 0 fully saturated rings. The highest BCUT2D eigenvalue weighted by atomic mass is 16.5. The molecule has 24 heavy (non-hydrogen) atoms. The molecule has 0 unspecified atom stereocenters. The number of benzene rings is 2. The van der Waals surface area contributed by atoms with Crippen molar-refractivity contribution in [2.75, 3.05) is 12.4 Å². The molecule has 124 valence electrons. The van der Waals surface area contributed by atoms with Gasteiger partial charge >= 0.3 is 0 Å². The standard InChI is InChI=1S/C18H20N4O2/c1-3-4-5-18(23)19-13-6-11-16-17(12-13)21-22(20-16)14-7-9-15(24-2)10-8-14/h6-12H,3-5H2,1-2H3,(H,19,23). The second-order valence-corrected chi connectivity index (χ2v) is 5.54. The first-order chi connectivity index (χ1) is 11.7. The Kier molecular flexibility index (Phi) is 4.74. The molecule has 1 heterocycles. The van der Waals surface area contributed by atoms with E-state index in [0.29, 0.717) is 6.42 Å². The number of nitrogens with one attached hydrogen (secondary N) is 1. The molecule has 1 aromatic heterocycles. The van der Waals surface area contributed by atoms with Gasteiger partial charge in [0.1, 0.15) is 16.8 Å². The summed E-state index contributed by atoms with van der Waals surface area (Å²) in [6, 6.07) is 13.1. The lowest BCUT2D eigenvalue weighted by Crippen LogP contribution is -2.10. The Bertz CT molecular complexity index is 840. The van der Waals surface area contributed by atoms with Crippen molar-refractivity contribution in [1.82, 2.24) is 15.0 Å². The molecule has 0 atom stereocenters. The Balaban J connectivity index is 1.81. The fourth-order valence-electron chi connectivity index (χ4n) is 2.38. The van der Waals surface area contributed by atoms with Crippen molar-refractivity contribution in [2.24, 2.45) is 0 Å². The molecule has 0 aliphatic rings. The number of methoxy groups -OCH3 is 1. The average Bonchev–Trinajstić information content (AvgIpc) is 3.03. The van der Waals surface area contributed by atoms with Gasteiger partial charge in [0, 0.05) is 12.1 Å². The molecular formula is C18H20N4O2. The molecule has 0 aliphatic carbocycles. The lowest BCUT2D eigenvalue weighted by molar-refractivity contribution is -0.116. The second kappa shape index (κ2) is 7.12. The van der Waals surface area contributed by atoms with E-state index in [1.807, 2.05) is 42.5 Å². The highest BCUT2D eigenvalue weighted by Crippen LogP contribution is 2.19. The molecule has 3 aromatic rings. The lowest BCUT2D eigenvalue weighted by atomic mass is 10.2. The summed E-state index contributed by atoms with van der Waals surface area (Å²) < 4.78 is 5.15. The van der Waals surface area contributed by atoms with Crippen LogP contribution in [0.2, 0.25) is 0 Å². The minimum absolute atomic E-state index is 0.0266. The third kappa shape index (κ3) is 3.53. The average molecular weight is 324 g/mol. The molecular weight excluding hydrogens is 304 g/mol. The van der Waals surface area contributed by atoms with Crippen LogP contribution in [0, 0.1) is 0 Å². The van der Waals surface area contributed by atoms with Crippen LogP contribution in [0.15, 0.2) is 42.5 Å². The summed E-state index contributed by atoms with van der Waals surface area (Å²) in [5, 5.41) is 11.8. The van der Waals surface area contributed by atoms with Crippen molar-refractivity contribution < 1.29 is 9.53 Å². The van der Waals surface area contributed by atoms with Gasteiger partial charge < -0.3 is 10.1 Å². The summed E-state index contributed by atoms with van der Waals surface area (Å²) in [5.41, 5.74) is 3.10. The fourth-order valence-corrected chi connectivity index (χ4v) is 2.38. The summed E-state index contributed by atoms with van der Waals surface area (Å²) in [7, 11) is 1.63. The van der Waals surface area contributed by atoms with E-state index in [1.165, 1.54) is 0 Å². The third-order valence-electron chi connectivity index (χ3n) is 3.72. The van der Waals surface area contributed by atoms with E-state index >= 15 is 0 Å². The maximum absolute atomic E-state index is 11.8. The van der Waals surface area contributed by atoms with Crippen LogP contribution in [-0.2, 0) is 4.79 Å². The van der Waals surface area contributed by atoms with Crippen LogP contribution < -0.4 is 10.1 Å². The minimum Gasteiger partial charge on any atom is -0.497 e. The predicted molar refractivity (Wildman–Crippen MR) is 93.6 cm³/mol. The highest BCUT2D eigenvalue weighted by Gasteiger charge is 2.07. The number of ether oxygens (including phenoxy) is 1. The first kappa shape index (κ1) is 16.0. The van der Waals surface area contributed by atoms with Crippen molar-refractivity contribution in [1.29, 1.82) is 0 Å². The molecule has 6 nitrogen and oxygen atoms in total. The highest BCUT2D eigenvalue weighted by molar-refractivity contribution is 5.92. The van der Waals surface area contributed by atoms with Crippen LogP contribution in [0.3, 0.4) is 0 Å². The molecule has 1 N–H and O–H groups in total. The molecule has 0 radical (unpaired) electrons. The summed E-state index contributed by atoms with van der Waals surface area (Å²) in [6.45, 7) is 2.07. The van der Waals surface area contributed by atoms with Crippen LogP contribution in [0.5, 0.6) is 5.75 Å². The van der Waals surface area contributed by atoms with E-state index in [0.717, 1.165) is 41.0 Å². The van der Waals surface area contributed by atoms with Gasteiger partial charge in [-0.15, -0.1) is 10.2 Å². The quantitative estimate of drug-likeness (QED) is 0.753. The topological polar surface area (TPSA) is 69.0 Å². The Hall–Kier alpha value is -2.89. The molecule has 2 aromatic carbocycles. The largest absolute Gasteiger partial charge is 0.497 e. The smallest absolute Gasteiger partial charge is 0.224 e. The molecule has 6 heteroatoms. The molecule has 3 rings (SSSR count). The zero-order valence-electron chi connectivity index (χ0n) is 13.8. The predicted octanol–water partition coefficient (Wildman–Crippen LogP) is 3.56. The van der Waals surface area contributed by atoms with E-state index in [1.54, 1.807) is 11.9 Å². The van der Waals surface area contributed by atoms with Crippen LogP contribution in [-0.4, -0.2) is 28.0 Å². The number of fused-ring (bicyclic) bond motifs is 1. The van der Waals surface area contributed by atoms with Gasteiger partial charge in [-0.1, -0.05) is 13.3 Å². The Morgan fingerprint density at radius 3 is 2.58 bits per heavy atom. The number of aromatic nitrogens is 3. The van der Waals surface area contributed by atoms with E-state index < -0.39 is 0 Å². The van der Waals surface area contributed by atoms with Gasteiger partial charge in [-0.25, -0.2) is 0 Å². The molecule has 0 saturated heterocycles. The lowest BCUT2D eigenvalue weighted by Gasteiger charge is -2.03. The number of hydrogen-bond acceptors (Lipinski definition) is 4. The zero-order chi connectivity index (χ0) is 16.9. The number of anilines is 1. The van der Waals surface area contributed by atoms with E-state index in [4.69, 9.17) is 4.74 Å². The first-order valence-corrected chi connectivity index (χ1v) is 8.01. The molecule has 0 aliphatic heterocycles. The molecule has 0 bridgehead atoms. The van der Waals surface area contributed by atoms with Crippen LogP contribution in [0.4, 0.5) is 5.69 Å². The summed E-state index contributed by atoms with van der Waals surface area (Å²) in [6.07, 6.45) is 2.43. The SMILES string of the molecule is CCCCC(=O)Nc1ccc2nn(-c3ccc(OC)cc3)nc2c1. The number of nitrogens with zero attached hydrogens (tertiary/aromatic N) is 3. The Labute approximate surface area is 140 Å². The van der Waals surface area contributed by atoms with Gasteiger partial charge in [-0.2, -0.15) is 4.80 Å². The van der Waals surface area contributed by atoms with Crippen molar-refractivity contribution in [3.63, 3.8) is 0 Å². The van der Waals surface area contributed by atoms with Gasteiger partial charge in [0.2, 0.25) is 5.91 Å². The van der Waals surface area contributed by atoms with Crippen LogP contribution >= 0.6 is 0 Å². The monoisotopic (exact) mass is 324 g/mol. The maximum Gasteiger partial charge on any atom is 0.224 e. The van der Waals surface area contributed by atoms with Gasteiger partial charge in [0.05, 0.1) is 12.8 Å². The number of carbonyl (C=O) groups is 1. The number of rotatable bonds is 6. The number of carbonyl (C=O) groups excluding carboxylic acids is 1. The Morgan fingerprint density at radius 2 is 1.88 bits per heavy atom. The van der Waals surface area contributed by atoms with E-state index in [-0.39, 0.29) is 5.91 Å². The van der Waals surface area contributed by atoms with Crippen LogP contribution in [0.1, 0.15) is 26.2 Å². The van der Waals surface area contributed by atoms with Gasteiger partial charge in [-0.05, 0) is 48.9 Å². The molecule has 0 saturated carbocycles. The van der Waals surface area contributed by atoms with Crippen molar-refractivity contribution in [3.8, 4) is 11.4 Å². The van der Waals surface area contributed by atoms with E-state index in [2.05, 4.69) is 22.4 Å². The fraction of sp³-hybridized carbons (Fsp3) is 0.278. The third-order valence-corrected chi connectivity index (χ3v) is 3.72. The van der Waals surface area contributed by atoms with Crippen LogP contribution in [0.25, 0.3) is 16.7 Å². The summed E-state index contributed by atoms with van der Waals surface area (Å²) >= 11 is 0. The summed E-state index contributed by atoms with van der Waals surface area (Å²) in [5.74, 6) is 0.811. The van der Waals surface area contributed by atoms with Crippen molar-refractivity contribution in [3.05, 3.63) is 42.5 Å². The number of amides is 1. The van der Waals surface area contributed by atoms with Crippen molar-refractivity contribution in [2.45, 2.75) is 26.2 Å². The van der Waals surface area contributed by atoms with Gasteiger partial charge in [-0.3, -0.25) is 4.79 Å². The number of unbranched alkanes of at least 4 members (excludes halogenated alkanes) is 1. The zero-order valence-corrected chi connectivity index (χ0v) is 13.8. The molecule has 1 amide bonds. The first-order valence-electron chi connectivity index (χ1n) is 8.01. The molecule has 0 spiro atoms.